The van der Waals surface area contributed by atoms with Crippen molar-refractivity contribution in [1.82, 2.24) is 9.97 Å². The average molecular weight is 273 g/mol. The lowest BCUT2D eigenvalue weighted by Crippen LogP contribution is -2.10. The monoisotopic (exact) mass is 273 g/mol. The number of hydrogen-bond donors (Lipinski definition) is 1. The van der Waals surface area contributed by atoms with Crippen molar-refractivity contribution >= 4 is 5.82 Å². The normalized spacial score (nSPS) is 10.4. The number of hydrogen-bond acceptors (Lipinski definition) is 5. The van der Waals surface area contributed by atoms with E-state index in [1.807, 2.05) is 38.1 Å². The van der Waals surface area contributed by atoms with Crippen LogP contribution in [0.3, 0.4) is 0 Å². The molecule has 0 aliphatic carbocycles. The number of nitrogens with one attached hydrogen (secondary N) is 1. The number of ether oxygens (including phenoxy) is 2. The molecular weight excluding hydrogens is 254 g/mol. The SMILES string of the molecule is COc1ncccc1CNc1ncccc1OC(C)C. The third-order valence-corrected chi connectivity index (χ3v) is 2.62. The van der Waals surface area contributed by atoms with Crippen LogP contribution >= 0.6 is 0 Å². The molecule has 106 valence electrons. The highest BCUT2D eigenvalue weighted by atomic mass is 16.5. The predicted molar refractivity (Wildman–Crippen MR) is 78.1 cm³/mol. The molecule has 0 bridgehead atoms. The largest absolute Gasteiger partial charge is 0.487 e. The van der Waals surface area contributed by atoms with Crippen LogP contribution in [0.2, 0.25) is 0 Å². The second kappa shape index (κ2) is 6.75. The van der Waals surface area contributed by atoms with E-state index < -0.39 is 0 Å². The molecule has 0 aliphatic heterocycles. The maximum atomic E-state index is 5.72. The van der Waals surface area contributed by atoms with Crippen molar-refractivity contribution in [3.8, 4) is 11.6 Å². The van der Waals surface area contributed by atoms with Gasteiger partial charge in [0, 0.05) is 24.5 Å². The van der Waals surface area contributed by atoms with Crippen molar-refractivity contribution in [3.63, 3.8) is 0 Å². The Labute approximate surface area is 119 Å². The zero-order chi connectivity index (χ0) is 14.4. The highest BCUT2D eigenvalue weighted by molar-refractivity contribution is 5.50. The third-order valence-electron chi connectivity index (χ3n) is 2.62. The Kier molecular flexibility index (Phi) is 4.76. The van der Waals surface area contributed by atoms with Crippen LogP contribution in [-0.2, 0) is 6.54 Å². The Morgan fingerprint density at radius 2 is 1.90 bits per heavy atom. The van der Waals surface area contributed by atoms with Crippen LogP contribution in [0.25, 0.3) is 0 Å². The smallest absolute Gasteiger partial charge is 0.218 e. The van der Waals surface area contributed by atoms with Crippen LogP contribution in [0.15, 0.2) is 36.7 Å². The number of nitrogens with zero attached hydrogens (tertiary/aromatic N) is 2. The molecule has 5 heteroatoms. The molecule has 0 atom stereocenters. The second-order valence-electron chi connectivity index (χ2n) is 4.54. The zero-order valence-electron chi connectivity index (χ0n) is 12.0. The third kappa shape index (κ3) is 3.60. The highest BCUT2D eigenvalue weighted by Crippen LogP contribution is 2.23. The summed E-state index contributed by atoms with van der Waals surface area (Å²) >= 11 is 0. The lowest BCUT2D eigenvalue weighted by molar-refractivity contribution is 0.243. The summed E-state index contributed by atoms with van der Waals surface area (Å²) < 4.78 is 10.9. The summed E-state index contributed by atoms with van der Waals surface area (Å²) in [7, 11) is 1.61. The number of aromatic nitrogens is 2. The Bertz CT molecular complexity index is 558. The van der Waals surface area contributed by atoms with Crippen molar-refractivity contribution in [2.75, 3.05) is 12.4 Å². The van der Waals surface area contributed by atoms with E-state index in [0.717, 1.165) is 11.3 Å². The summed E-state index contributed by atoms with van der Waals surface area (Å²) in [6.07, 6.45) is 3.54. The van der Waals surface area contributed by atoms with E-state index in [4.69, 9.17) is 9.47 Å². The van der Waals surface area contributed by atoms with E-state index in [2.05, 4.69) is 15.3 Å². The fourth-order valence-corrected chi connectivity index (χ4v) is 1.79. The van der Waals surface area contributed by atoms with Crippen LogP contribution in [0.1, 0.15) is 19.4 Å². The Morgan fingerprint density at radius 3 is 2.65 bits per heavy atom. The molecule has 5 nitrogen and oxygen atoms in total. The van der Waals surface area contributed by atoms with Crippen molar-refractivity contribution in [1.29, 1.82) is 0 Å². The molecule has 0 spiro atoms. The van der Waals surface area contributed by atoms with E-state index in [1.165, 1.54) is 0 Å². The van der Waals surface area contributed by atoms with Gasteiger partial charge >= 0.3 is 0 Å². The molecule has 0 radical (unpaired) electrons. The minimum absolute atomic E-state index is 0.104. The van der Waals surface area contributed by atoms with Crippen LogP contribution in [0, 0.1) is 0 Å². The van der Waals surface area contributed by atoms with Gasteiger partial charge in [-0.25, -0.2) is 9.97 Å². The van der Waals surface area contributed by atoms with Crippen LogP contribution in [-0.4, -0.2) is 23.2 Å². The molecule has 2 rings (SSSR count). The standard InChI is InChI=1S/C15H19N3O2/c1-11(2)20-13-7-5-8-16-14(13)18-10-12-6-4-9-17-15(12)19-3/h4-9,11H,10H2,1-3H3,(H,16,18). The number of rotatable bonds is 6. The molecule has 1 N–H and O–H groups in total. The number of methoxy groups -OCH3 is 1. The van der Waals surface area contributed by atoms with Gasteiger partial charge in [0.25, 0.3) is 0 Å². The Balaban J connectivity index is 2.11. The van der Waals surface area contributed by atoms with Crippen molar-refractivity contribution < 1.29 is 9.47 Å². The van der Waals surface area contributed by atoms with Gasteiger partial charge in [-0.1, -0.05) is 6.07 Å². The molecule has 0 saturated carbocycles. The van der Waals surface area contributed by atoms with Gasteiger partial charge in [-0.2, -0.15) is 0 Å². The molecule has 0 unspecified atom stereocenters. The van der Waals surface area contributed by atoms with E-state index in [9.17, 15) is 0 Å². The average Bonchev–Trinajstić information content (AvgIpc) is 2.46. The molecule has 0 aliphatic rings. The van der Waals surface area contributed by atoms with Crippen LogP contribution in [0.5, 0.6) is 11.6 Å². The van der Waals surface area contributed by atoms with Gasteiger partial charge in [-0.05, 0) is 32.0 Å². The van der Waals surface area contributed by atoms with E-state index >= 15 is 0 Å². The van der Waals surface area contributed by atoms with Crippen molar-refractivity contribution in [2.24, 2.45) is 0 Å². The molecular formula is C15H19N3O2. The van der Waals surface area contributed by atoms with Gasteiger partial charge in [0.15, 0.2) is 11.6 Å². The minimum atomic E-state index is 0.104. The van der Waals surface area contributed by atoms with Gasteiger partial charge in [0.1, 0.15) is 0 Å². The van der Waals surface area contributed by atoms with Gasteiger partial charge in [0.2, 0.25) is 5.88 Å². The molecule has 0 fully saturated rings. The predicted octanol–water partition coefficient (Wildman–Crippen LogP) is 2.88. The fraction of sp³-hybridized carbons (Fsp3) is 0.333. The lowest BCUT2D eigenvalue weighted by Gasteiger charge is -2.15. The summed E-state index contributed by atoms with van der Waals surface area (Å²) in [6, 6.07) is 7.59. The van der Waals surface area contributed by atoms with E-state index in [1.54, 1.807) is 19.5 Å². The lowest BCUT2D eigenvalue weighted by atomic mass is 10.2. The van der Waals surface area contributed by atoms with E-state index in [-0.39, 0.29) is 6.10 Å². The number of anilines is 1. The maximum absolute atomic E-state index is 5.72. The van der Waals surface area contributed by atoms with Gasteiger partial charge < -0.3 is 14.8 Å². The zero-order valence-corrected chi connectivity index (χ0v) is 12.0. The summed E-state index contributed by atoms with van der Waals surface area (Å²) in [5.74, 6) is 2.07. The molecule has 2 aromatic rings. The first kappa shape index (κ1) is 14.1. The van der Waals surface area contributed by atoms with Crippen LogP contribution in [0.4, 0.5) is 5.82 Å². The molecule has 0 aromatic carbocycles. The summed E-state index contributed by atoms with van der Waals surface area (Å²) in [4.78, 5) is 8.47. The second-order valence-corrected chi connectivity index (χ2v) is 4.54. The highest BCUT2D eigenvalue weighted by Gasteiger charge is 2.08. The Morgan fingerprint density at radius 1 is 1.15 bits per heavy atom. The molecule has 0 amide bonds. The summed E-state index contributed by atoms with van der Waals surface area (Å²) in [6.45, 7) is 4.55. The molecule has 2 aromatic heterocycles. The van der Waals surface area contributed by atoms with Crippen molar-refractivity contribution in [3.05, 3.63) is 42.2 Å². The molecule has 2 heterocycles. The Hall–Kier alpha value is -2.30. The maximum Gasteiger partial charge on any atom is 0.218 e. The molecule has 0 saturated heterocycles. The van der Waals surface area contributed by atoms with Gasteiger partial charge in [0.05, 0.1) is 13.2 Å². The van der Waals surface area contributed by atoms with Crippen molar-refractivity contribution in [2.45, 2.75) is 26.5 Å². The van der Waals surface area contributed by atoms with Gasteiger partial charge in [-0.15, -0.1) is 0 Å². The first-order chi connectivity index (χ1) is 9.70. The first-order valence-electron chi connectivity index (χ1n) is 6.54. The summed E-state index contributed by atoms with van der Waals surface area (Å²) in [5, 5.41) is 3.25. The quantitative estimate of drug-likeness (QED) is 0.877. The van der Waals surface area contributed by atoms with Crippen LogP contribution < -0.4 is 14.8 Å². The summed E-state index contributed by atoms with van der Waals surface area (Å²) in [5.41, 5.74) is 0.969. The van der Waals surface area contributed by atoms with Gasteiger partial charge in [-0.3, -0.25) is 0 Å². The number of pyridine rings is 2. The minimum Gasteiger partial charge on any atom is -0.487 e. The fourth-order valence-electron chi connectivity index (χ4n) is 1.79. The topological polar surface area (TPSA) is 56.3 Å². The van der Waals surface area contributed by atoms with E-state index in [0.29, 0.717) is 18.2 Å². The molecule has 20 heavy (non-hydrogen) atoms. The first-order valence-corrected chi connectivity index (χ1v) is 6.54.